The molecule has 0 aliphatic heterocycles. The van der Waals surface area contributed by atoms with Gasteiger partial charge in [0.1, 0.15) is 24.0 Å². The summed E-state index contributed by atoms with van der Waals surface area (Å²) in [6.45, 7) is 5.38. The second-order valence-electron chi connectivity index (χ2n) is 7.67. The van der Waals surface area contributed by atoms with Crippen LogP contribution in [0.25, 0.3) is 11.0 Å². The van der Waals surface area contributed by atoms with Crippen molar-refractivity contribution in [1.82, 2.24) is 5.32 Å². The number of fused-ring (bicyclic) bond motifs is 1. The number of carbonyl (C=O) groups excluding carboxylic acids is 2. The fourth-order valence-corrected chi connectivity index (χ4v) is 3.78. The van der Waals surface area contributed by atoms with E-state index in [2.05, 4.69) is 5.32 Å². The summed E-state index contributed by atoms with van der Waals surface area (Å²) in [5, 5.41) is 3.39. The summed E-state index contributed by atoms with van der Waals surface area (Å²) in [5.74, 6) is 0.296. The standard InChI is InChI=1S/C25H27NO6S/c1-15-16(2)23(27)32-22-17(3)21(11-10-19(15)22)31-24(28)20(12-13-33-4)26-25(29)30-14-18-8-6-5-7-9-18/h5-11,20H,12-14H2,1-4H3,(H,26,29). The monoisotopic (exact) mass is 469 g/mol. The molecule has 0 fully saturated rings. The Morgan fingerprint density at radius 2 is 1.76 bits per heavy atom. The Balaban J connectivity index is 1.74. The Kier molecular flexibility index (Phi) is 8.16. The third-order valence-corrected chi connectivity index (χ3v) is 6.08. The van der Waals surface area contributed by atoms with Gasteiger partial charge in [-0.2, -0.15) is 11.8 Å². The molecule has 0 radical (unpaired) electrons. The van der Waals surface area contributed by atoms with Crippen LogP contribution in [0.5, 0.6) is 5.75 Å². The first kappa shape index (κ1) is 24.4. The summed E-state index contributed by atoms with van der Waals surface area (Å²) in [4.78, 5) is 37.3. The maximum atomic E-state index is 12.9. The molecule has 0 saturated heterocycles. The van der Waals surface area contributed by atoms with Gasteiger partial charge >= 0.3 is 17.7 Å². The van der Waals surface area contributed by atoms with Gasteiger partial charge in [0.25, 0.3) is 0 Å². The van der Waals surface area contributed by atoms with Gasteiger partial charge in [-0.15, -0.1) is 0 Å². The third-order valence-electron chi connectivity index (χ3n) is 5.43. The fourth-order valence-electron chi connectivity index (χ4n) is 3.31. The van der Waals surface area contributed by atoms with Crippen LogP contribution in [0.4, 0.5) is 4.79 Å². The fraction of sp³-hybridized carbons (Fsp3) is 0.320. The molecule has 0 saturated carbocycles. The lowest BCUT2D eigenvalue weighted by atomic mass is 10.0. The molecule has 174 valence electrons. The van der Waals surface area contributed by atoms with Gasteiger partial charge in [0.2, 0.25) is 0 Å². The van der Waals surface area contributed by atoms with Crippen LogP contribution in [0.2, 0.25) is 0 Å². The van der Waals surface area contributed by atoms with Crippen molar-refractivity contribution in [1.29, 1.82) is 0 Å². The Labute approximate surface area is 196 Å². The molecule has 1 N–H and O–H groups in total. The number of hydrogen-bond donors (Lipinski definition) is 1. The maximum absolute atomic E-state index is 12.9. The van der Waals surface area contributed by atoms with Crippen LogP contribution in [-0.4, -0.2) is 30.1 Å². The zero-order chi connectivity index (χ0) is 24.0. The molecule has 33 heavy (non-hydrogen) atoms. The minimum atomic E-state index is -0.886. The number of aryl methyl sites for hydroxylation is 2. The van der Waals surface area contributed by atoms with E-state index in [9.17, 15) is 14.4 Å². The van der Waals surface area contributed by atoms with Crippen molar-refractivity contribution >= 4 is 34.8 Å². The summed E-state index contributed by atoms with van der Waals surface area (Å²) in [6.07, 6.45) is 1.59. The summed E-state index contributed by atoms with van der Waals surface area (Å²) in [7, 11) is 0. The second kappa shape index (κ2) is 11.0. The van der Waals surface area contributed by atoms with Crippen molar-refractivity contribution in [2.45, 2.75) is 39.8 Å². The number of alkyl carbamates (subject to hydrolysis) is 1. The molecule has 1 heterocycles. The van der Waals surface area contributed by atoms with E-state index in [0.717, 1.165) is 16.5 Å². The van der Waals surface area contributed by atoms with Crippen molar-refractivity contribution in [3.05, 3.63) is 75.1 Å². The van der Waals surface area contributed by atoms with Gasteiger partial charge in [-0.05, 0) is 62.5 Å². The highest BCUT2D eigenvalue weighted by atomic mass is 32.2. The van der Waals surface area contributed by atoms with Gasteiger partial charge in [-0.1, -0.05) is 30.3 Å². The molecule has 7 nitrogen and oxygen atoms in total. The summed E-state index contributed by atoms with van der Waals surface area (Å²) in [5.41, 5.74) is 2.70. The molecule has 3 rings (SSSR count). The van der Waals surface area contributed by atoms with Crippen LogP contribution >= 0.6 is 11.8 Å². The van der Waals surface area contributed by atoms with Crippen LogP contribution in [-0.2, 0) is 16.1 Å². The number of benzene rings is 2. The summed E-state index contributed by atoms with van der Waals surface area (Å²) in [6, 6.07) is 11.8. The lowest BCUT2D eigenvalue weighted by Crippen LogP contribution is -2.43. The summed E-state index contributed by atoms with van der Waals surface area (Å²) >= 11 is 1.55. The number of carbonyl (C=O) groups is 2. The molecule has 1 amide bonds. The first-order valence-electron chi connectivity index (χ1n) is 10.5. The Hall–Kier alpha value is -3.26. The van der Waals surface area contributed by atoms with E-state index < -0.39 is 23.7 Å². The van der Waals surface area contributed by atoms with Gasteiger partial charge in [-0.25, -0.2) is 14.4 Å². The predicted molar refractivity (Wildman–Crippen MR) is 129 cm³/mol. The molecule has 2 aromatic carbocycles. The lowest BCUT2D eigenvalue weighted by molar-refractivity contribution is -0.136. The topological polar surface area (TPSA) is 94.8 Å². The van der Waals surface area contributed by atoms with E-state index in [4.69, 9.17) is 13.9 Å². The molecule has 8 heteroatoms. The largest absolute Gasteiger partial charge is 0.445 e. The Morgan fingerprint density at radius 1 is 1.03 bits per heavy atom. The molecule has 1 aromatic heterocycles. The quantitative estimate of drug-likeness (QED) is 0.291. The third kappa shape index (κ3) is 5.96. The highest BCUT2D eigenvalue weighted by Crippen LogP contribution is 2.29. The molecule has 0 bridgehead atoms. The van der Waals surface area contributed by atoms with E-state index >= 15 is 0 Å². The van der Waals surface area contributed by atoms with Gasteiger partial charge in [0.05, 0.1) is 0 Å². The minimum Gasteiger partial charge on any atom is -0.445 e. The van der Waals surface area contributed by atoms with Gasteiger partial charge in [-0.3, -0.25) is 0 Å². The van der Waals surface area contributed by atoms with Crippen LogP contribution in [0.1, 0.15) is 28.7 Å². The number of thioether (sulfide) groups is 1. The molecule has 1 atom stereocenters. The molecule has 1 unspecified atom stereocenters. The zero-order valence-electron chi connectivity index (χ0n) is 19.1. The average molecular weight is 470 g/mol. The molecule has 0 aliphatic carbocycles. The first-order chi connectivity index (χ1) is 15.8. The van der Waals surface area contributed by atoms with Crippen molar-refractivity contribution in [3.63, 3.8) is 0 Å². The highest BCUT2D eigenvalue weighted by Gasteiger charge is 2.25. The normalized spacial score (nSPS) is 11.8. The van der Waals surface area contributed by atoms with Crippen molar-refractivity contribution < 1.29 is 23.5 Å². The Bertz CT molecular complexity index is 1200. The van der Waals surface area contributed by atoms with Crippen molar-refractivity contribution in [3.8, 4) is 5.75 Å². The van der Waals surface area contributed by atoms with E-state index in [0.29, 0.717) is 28.9 Å². The van der Waals surface area contributed by atoms with Crippen LogP contribution in [0.3, 0.4) is 0 Å². The van der Waals surface area contributed by atoms with Crippen LogP contribution in [0.15, 0.2) is 51.7 Å². The number of amides is 1. The van der Waals surface area contributed by atoms with Crippen LogP contribution in [0, 0.1) is 20.8 Å². The summed E-state index contributed by atoms with van der Waals surface area (Å²) < 4.78 is 16.3. The van der Waals surface area contributed by atoms with E-state index in [1.807, 2.05) is 43.5 Å². The molecule has 3 aromatic rings. The SMILES string of the molecule is CSCCC(NC(=O)OCc1ccccc1)C(=O)Oc1ccc2c(C)c(C)c(=O)oc2c1C. The molecular formula is C25H27NO6S. The van der Waals surface area contributed by atoms with E-state index in [1.54, 1.807) is 37.7 Å². The predicted octanol–water partition coefficient (Wildman–Crippen LogP) is 4.67. The van der Waals surface area contributed by atoms with E-state index in [1.165, 1.54) is 0 Å². The number of nitrogens with one attached hydrogen (secondary N) is 1. The number of rotatable bonds is 8. The molecule has 0 aliphatic rings. The van der Waals surface area contributed by atoms with Gasteiger partial charge < -0.3 is 19.2 Å². The lowest BCUT2D eigenvalue weighted by Gasteiger charge is -2.18. The van der Waals surface area contributed by atoms with Gasteiger partial charge in [0, 0.05) is 16.5 Å². The smallest absolute Gasteiger partial charge is 0.408 e. The Morgan fingerprint density at radius 3 is 2.45 bits per heavy atom. The number of esters is 1. The highest BCUT2D eigenvalue weighted by molar-refractivity contribution is 7.98. The molecular weight excluding hydrogens is 442 g/mol. The number of ether oxygens (including phenoxy) is 2. The second-order valence-corrected chi connectivity index (χ2v) is 8.65. The zero-order valence-corrected chi connectivity index (χ0v) is 19.9. The van der Waals surface area contributed by atoms with E-state index in [-0.39, 0.29) is 12.4 Å². The average Bonchev–Trinajstić information content (AvgIpc) is 2.81. The molecule has 0 spiro atoms. The number of hydrogen-bond acceptors (Lipinski definition) is 7. The van der Waals surface area contributed by atoms with Crippen molar-refractivity contribution in [2.24, 2.45) is 0 Å². The van der Waals surface area contributed by atoms with Crippen LogP contribution < -0.4 is 15.7 Å². The first-order valence-corrected chi connectivity index (χ1v) is 11.9. The van der Waals surface area contributed by atoms with Gasteiger partial charge in [0.15, 0.2) is 0 Å². The minimum absolute atomic E-state index is 0.0958. The van der Waals surface area contributed by atoms with Crippen molar-refractivity contribution in [2.75, 3.05) is 12.0 Å². The maximum Gasteiger partial charge on any atom is 0.408 e.